The highest BCUT2D eigenvalue weighted by molar-refractivity contribution is 7.98. The Morgan fingerprint density at radius 2 is 2.17 bits per heavy atom. The molecule has 0 saturated carbocycles. The van der Waals surface area contributed by atoms with Crippen molar-refractivity contribution in [2.24, 2.45) is 0 Å². The molecule has 0 amide bonds. The lowest BCUT2D eigenvalue weighted by Gasteiger charge is -2.24. The van der Waals surface area contributed by atoms with Gasteiger partial charge >= 0.3 is 0 Å². The fourth-order valence-corrected chi connectivity index (χ4v) is 2.76. The summed E-state index contributed by atoms with van der Waals surface area (Å²) in [6.45, 7) is 5.56. The maximum atomic E-state index is 5.96. The van der Waals surface area contributed by atoms with Gasteiger partial charge in [-0.15, -0.1) is 0 Å². The van der Waals surface area contributed by atoms with Crippen LogP contribution >= 0.6 is 23.4 Å². The number of thioether (sulfide) groups is 1. The number of aromatic nitrogens is 2. The lowest BCUT2D eigenvalue weighted by molar-refractivity contribution is 0.269. The van der Waals surface area contributed by atoms with E-state index in [4.69, 9.17) is 11.6 Å². The van der Waals surface area contributed by atoms with Crippen LogP contribution in [0, 0.1) is 0 Å². The van der Waals surface area contributed by atoms with Crippen molar-refractivity contribution in [2.75, 3.05) is 31.2 Å². The van der Waals surface area contributed by atoms with Crippen LogP contribution in [0.2, 0.25) is 5.15 Å². The van der Waals surface area contributed by atoms with Gasteiger partial charge in [0.1, 0.15) is 11.0 Å². The summed E-state index contributed by atoms with van der Waals surface area (Å²) in [5.41, 5.74) is 0. The van der Waals surface area contributed by atoms with E-state index in [2.05, 4.69) is 27.1 Å². The van der Waals surface area contributed by atoms with Crippen molar-refractivity contribution in [3.05, 3.63) is 11.2 Å². The molecule has 4 nitrogen and oxygen atoms in total. The van der Waals surface area contributed by atoms with Crippen LogP contribution in [0.4, 0.5) is 5.82 Å². The summed E-state index contributed by atoms with van der Waals surface area (Å²) in [5, 5.41) is 4.54. The first-order valence-electron chi connectivity index (χ1n) is 6.25. The van der Waals surface area contributed by atoms with Gasteiger partial charge in [-0.25, -0.2) is 9.97 Å². The summed E-state index contributed by atoms with van der Waals surface area (Å²) in [4.78, 5) is 11.0. The molecule has 1 atom stereocenters. The Labute approximate surface area is 118 Å². The SMILES string of the molecule is CSc1nc(Cl)cc(NCC(C)N2CCCC2)n1. The van der Waals surface area contributed by atoms with Crippen molar-refractivity contribution in [3.63, 3.8) is 0 Å². The van der Waals surface area contributed by atoms with Crippen molar-refractivity contribution in [1.29, 1.82) is 0 Å². The molecule has 1 aromatic heterocycles. The van der Waals surface area contributed by atoms with Crippen LogP contribution < -0.4 is 5.32 Å². The second kappa shape index (κ2) is 6.59. The number of nitrogens with zero attached hydrogens (tertiary/aromatic N) is 3. The fourth-order valence-electron chi connectivity index (χ4n) is 2.14. The van der Waals surface area contributed by atoms with Crippen LogP contribution in [0.15, 0.2) is 11.2 Å². The van der Waals surface area contributed by atoms with Gasteiger partial charge < -0.3 is 5.32 Å². The maximum Gasteiger partial charge on any atom is 0.190 e. The predicted molar refractivity (Wildman–Crippen MR) is 77.6 cm³/mol. The molecule has 0 radical (unpaired) electrons. The van der Waals surface area contributed by atoms with E-state index in [1.165, 1.54) is 37.7 Å². The molecule has 1 unspecified atom stereocenters. The molecule has 0 bridgehead atoms. The van der Waals surface area contributed by atoms with Gasteiger partial charge in [-0.3, -0.25) is 4.90 Å². The van der Waals surface area contributed by atoms with Crippen LogP contribution in [0.1, 0.15) is 19.8 Å². The second-order valence-electron chi connectivity index (χ2n) is 4.54. The highest BCUT2D eigenvalue weighted by atomic mass is 35.5. The van der Waals surface area contributed by atoms with E-state index in [1.54, 1.807) is 6.07 Å². The number of anilines is 1. The summed E-state index contributed by atoms with van der Waals surface area (Å²) in [6, 6.07) is 2.30. The maximum absolute atomic E-state index is 5.96. The first kappa shape index (κ1) is 13.9. The summed E-state index contributed by atoms with van der Waals surface area (Å²) in [7, 11) is 0. The van der Waals surface area contributed by atoms with E-state index < -0.39 is 0 Å². The van der Waals surface area contributed by atoms with Crippen molar-refractivity contribution in [1.82, 2.24) is 14.9 Å². The molecular formula is C12H19ClN4S. The molecule has 1 N–H and O–H groups in total. The molecule has 18 heavy (non-hydrogen) atoms. The average molecular weight is 287 g/mol. The summed E-state index contributed by atoms with van der Waals surface area (Å²) in [5.74, 6) is 0.811. The normalized spacial score (nSPS) is 17.9. The summed E-state index contributed by atoms with van der Waals surface area (Å²) in [6.07, 6.45) is 4.59. The molecule has 2 heterocycles. The number of hydrogen-bond donors (Lipinski definition) is 1. The topological polar surface area (TPSA) is 41.1 Å². The first-order chi connectivity index (χ1) is 8.69. The van der Waals surface area contributed by atoms with Gasteiger partial charge in [0.15, 0.2) is 5.16 Å². The Hall–Kier alpha value is -0.520. The monoisotopic (exact) mass is 286 g/mol. The van der Waals surface area contributed by atoms with Gasteiger partial charge in [0.25, 0.3) is 0 Å². The van der Waals surface area contributed by atoms with Gasteiger partial charge in [-0.2, -0.15) is 0 Å². The minimum atomic E-state index is 0.491. The lowest BCUT2D eigenvalue weighted by Crippen LogP contribution is -2.35. The summed E-state index contributed by atoms with van der Waals surface area (Å²) < 4.78 is 0. The third-order valence-electron chi connectivity index (χ3n) is 3.20. The van der Waals surface area contributed by atoms with Gasteiger partial charge in [0, 0.05) is 18.7 Å². The Bertz CT molecular complexity index is 396. The molecule has 1 aliphatic heterocycles. The van der Waals surface area contributed by atoms with Crippen molar-refractivity contribution < 1.29 is 0 Å². The highest BCUT2D eigenvalue weighted by Crippen LogP contribution is 2.18. The van der Waals surface area contributed by atoms with Crippen LogP contribution in [0.25, 0.3) is 0 Å². The zero-order valence-corrected chi connectivity index (χ0v) is 12.4. The molecule has 1 aromatic rings. The smallest absolute Gasteiger partial charge is 0.190 e. The predicted octanol–water partition coefficient (Wildman–Crippen LogP) is 2.75. The third kappa shape index (κ3) is 3.73. The molecule has 0 aromatic carbocycles. The summed E-state index contributed by atoms with van der Waals surface area (Å²) >= 11 is 7.46. The molecule has 1 aliphatic rings. The number of hydrogen-bond acceptors (Lipinski definition) is 5. The third-order valence-corrected chi connectivity index (χ3v) is 3.94. The van der Waals surface area contributed by atoms with Gasteiger partial charge in [-0.1, -0.05) is 23.4 Å². The zero-order valence-electron chi connectivity index (χ0n) is 10.8. The molecule has 0 aliphatic carbocycles. The van der Waals surface area contributed by atoms with E-state index in [-0.39, 0.29) is 0 Å². The van der Waals surface area contributed by atoms with Crippen LogP contribution in [-0.4, -0.2) is 46.8 Å². The average Bonchev–Trinajstić information content (AvgIpc) is 2.89. The Kier molecular flexibility index (Phi) is 5.09. The molecular weight excluding hydrogens is 268 g/mol. The van der Waals surface area contributed by atoms with E-state index in [0.29, 0.717) is 16.4 Å². The lowest BCUT2D eigenvalue weighted by atomic mass is 10.3. The standard InChI is InChI=1S/C12H19ClN4S/c1-9(17-5-3-4-6-17)8-14-11-7-10(13)15-12(16-11)18-2/h7,9H,3-6,8H2,1-2H3,(H,14,15,16). The number of halogens is 1. The molecule has 100 valence electrons. The van der Waals surface area contributed by atoms with Crippen molar-refractivity contribution in [3.8, 4) is 0 Å². The van der Waals surface area contributed by atoms with Crippen LogP contribution in [0.3, 0.4) is 0 Å². The largest absolute Gasteiger partial charge is 0.368 e. The quantitative estimate of drug-likeness (QED) is 0.512. The number of nitrogens with one attached hydrogen (secondary N) is 1. The Balaban J connectivity index is 1.90. The molecule has 2 rings (SSSR count). The first-order valence-corrected chi connectivity index (χ1v) is 7.86. The van der Waals surface area contributed by atoms with E-state index >= 15 is 0 Å². The van der Waals surface area contributed by atoms with E-state index in [9.17, 15) is 0 Å². The van der Waals surface area contributed by atoms with Crippen molar-refractivity contribution >= 4 is 29.2 Å². The Morgan fingerprint density at radius 3 is 2.83 bits per heavy atom. The Morgan fingerprint density at radius 1 is 1.44 bits per heavy atom. The fraction of sp³-hybridized carbons (Fsp3) is 0.667. The minimum absolute atomic E-state index is 0.491. The molecule has 0 spiro atoms. The van der Waals surface area contributed by atoms with E-state index in [1.807, 2.05) is 6.26 Å². The van der Waals surface area contributed by atoms with Gasteiger partial charge in [0.05, 0.1) is 0 Å². The molecule has 1 fully saturated rings. The van der Waals surface area contributed by atoms with Gasteiger partial charge in [0.2, 0.25) is 0 Å². The molecule has 6 heteroatoms. The van der Waals surface area contributed by atoms with Crippen molar-refractivity contribution in [2.45, 2.75) is 31.0 Å². The number of likely N-dealkylation sites (tertiary alicyclic amines) is 1. The number of rotatable bonds is 5. The van der Waals surface area contributed by atoms with E-state index in [0.717, 1.165) is 12.4 Å². The van der Waals surface area contributed by atoms with Crippen LogP contribution in [-0.2, 0) is 0 Å². The zero-order chi connectivity index (χ0) is 13.0. The second-order valence-corrected chi connectivity index (χ2v) is 5.70. The van der Waals surface area contributed by atoms with Gasteiger partial charge in [-0.05, 0) is 39.1 Å². The highest BCUT2D eigenvalue weighted by Gasteiger charge is 2.17. The minimum Gasteiger partial charge on any atom is -0.368 e. The van der Waals surface area contributed by atoms with Crippen LogP contribution in [0.5, 0.6) is 0 Å². The molecule has 1 saturated heterocycles.